The zero-order chi connectivity index (χ0) is 18.0. The molecule has 1 aromatic heterocycles. The number of amides is 1. The van der Waals surface area contributed by atoms with Crippen LogP contribution in [0.1, 0.15) is 18.5 Å². The molecular weight excluding hydrogens is 340 g/mol. The van der Waals surface area contributed by atoms with Crippen LogP contribution in [0.5, 0.6) is 0 Å². The Hall–Kier alpha value is -2.44. The Morgan fingerprint density at radius 3 is 2.88 bits per heavy atom. The van der Waals surface area contributed by atoms with Gasteiger partial charge in [-0.1, -0.05) is 18.2 Å². The molecule has 2 N–H and O–H groups in total. The van der Waals surface area contributed by atoms with Gasteiger partial charge in [0.25, 0.3) is 0 Å². The molecule has 1 amide bonds. The van der Waals surface area contributed by atoms with Crippen molar-refractivity contribution in [1.82, 2.24) is 14.9 Å². The van der Waals surface area contributed by atoms with Gasteiger partial charge in [0.05, 0.1) is 31.0 Å². The first kappa shape index (κ1) is 17.4. The Morgan fingerprint density at radius 2 is 2.16 bits per heavy atom. The molecule has 0 radical (unpaired) electrons. The van der Waals surface area contributed by atoms with Crippen molar-refractivity contribution in [1.29, 1.82) is 0 Å². The van der Waals surface area contributed by atoms with Gasteiger partial charge in [-0.15, -0.1) is 0 Å². The van der Waals surface area contributed by atoms with Gasteiger partial charge in [-0.05, 0) is 36.8 Å². The van der Waals surface area contributed by atoms with E-state index in [9.17, 15) is 4.79 Å². The summed E-state index contributed by atoms with van der Waals surface area (Å²) in [6, 6.07) is 6.97. The molecule has 0 bridgehead atoms. The molecule has 1 aromatic carbocycles. The van der Waals surface area contributed by atoms with E-state index >= 15 is 0 Å². The first-order valence-electron chi connectivity index (χ1n) is 7.90. The molecule has 0 saturated carbocycles. The van der Waals surface area contributed by atoms with E-state index in [2.05, 4.69) is 16.5 Å². The quantitative estimate of drug-likeness (QED) is 0.853. The van der Waals surface area contributed by atoms with E-state index in [0.29, 0.717) is 29.7 Å². The number of carbonyl (C=O) groups excluding carboxylic acids is 1. The highest BCUT2D eigenvalue weighted by molar-refractivity contribution is 6.31. The number of benzene rings is 1. The van der Waals surface area contributed by atoms with Crippen LogP contribution < -0.4 is 5.73 Å². The second-order valence-corrected chi connectivity index (χ2v) is 6.39. The van der Waals surface area contributed by atoms with Gasteiger partial charge in [-0.25, -0.2) is 9.97 Å². The van der Waals surface area contributed by atoms with Crippen molar-refractivity contribution in [3.63, 3.8) is 0 Å². The van der Waals surface area contributed by atoms with Crippen LogP contribution in [-0.2, 0) is 9.53 Å². The molecule has 1 saturated heterocycles. The summed E-state index contributed by atoms with van der Waals surface area (Å²) in [6.45, 7) is 6.44. The third-order valence-corrected chi connectivity index (χ3v) is 4.38. The summed E-state index contributed by atoms with van der Waals surface area (Å²) >= 11 is 6.32. The highest BCUT2D eigenvalue weighted by atomic mass is 35.5. The molecule has 2 atom stereocenters. The lowest BCUT2D eigenvalue weighted by Gasteiger charge is -2.40. The molecule has 1 fully saturated rings. The van der Waals surface area contributed by atoms with Gasteiger partial charge in [0.15, 0.2) is 0 Å². The Morgan fingerprint density at radius 1 is 1.36 bits per heavy atom. The fraction of sp³-hybridized carbons (Fsp3) is 0.278. The van der Waals surface area contributed by atoms with Gasteiger partial charge < -0.3 is 15.4 Å². The van der Waals surface area contributed by atoms with E-state index in [-0.39, 0.29) is 18.0 Å². The minimum Gasteiger partial charge on any atom is -0.384 e. The number of carbonyl (C=O) groups is 1. The summed E-state index contributed by atoms with van der Waals surface area (Å²) in [5, 5.41) is 0.550. The van der Waals surface area contributed by atoms with Crippen LogP contribution in [0.4, 0.5) is 5.82 Å². The molecular formula is C18H19ClN4O2. The summed E-state index contributed by atoms with van der Waals surface area (Å²) in [5.74, 6) is 0.248. The SMILES string of the molecule is C=CC(=O)N1[C@H](C)COC[C@H]1c1cc(Cl)cc(-c2cc(N)ncn2)c1. The average molecular weight is 359 g/mol. The first-order valence-corrected chi connectivity index (χ1v) is 8.28. The highest BCUT2D eigenvalue weighted by Gasteiger charge is 2.32. The van der Waals surface area contributed by atoms with Crippen LogP contribution >= 0.6 is 11.6 Å². The third-order valence-electron chi connectivity index (χ3n) is 4.16. The summed E-state index contributed by atoms with van der Waals surface area (Å²) in [4.78, 5) is 22.3. The van der Waals surface area contributed by atoms with E-state index in [4.69, 9.17) is 22.1 Å². The monoisotopic (exact) mass is 358 g/mol. The molecule has 0 unspecified atom stereocenters. The lowest BCUT2D eigenvalue weighted by molar-refractivity contribution is -0.140. The van der Waals surface area contributed by atoms with Crippen LogP contribution in [0.15, 0.2) is 43.2 Å². The van der Waals surface area contributed by atoms with Crippen molar-refractivity contribution in [2.75, 3.05) is 18.9 Å². The van der Waals surface area contributed by atoms with Crippen molar-refractivity contribution < 1.29 is 9.53 Å². The second kappa shape index (κ2) is 7.21. The largest absolute Gasteiger partial charge is 0.384 e. The van der Waals surface area contributed by atoms with Crippen molar-refractivity contribution in [2.24, 2.45) is 0 Å². The predicted octanol–water partition coefficient (Wildman–Crippen LogP) is 2.85. The molecule has 3 rings (SSSR count). The van der Waals surface area contributed by atoms with E-state index in [1.165, 1.54) is 12.4 Å². The zero-order valence-corrected chi connectivity index (χ0v) is 14.6. The van der Waals surface area contributed by atoms with Gasteiger partial charge in [0.2, 0.25) is 5.91 Å². The minimum absolute atomic E-state index is 0.0543. The normalized spacial score (nSPS) is 20.3. The number of hydrogen-bond donors (Lipinski definition) is 1. The van der Waals surface area contributed by atoms with Crippen LogP contribution in [0, 0.1) is 0 Å². The molecule has 0 spiro atoms. The van der Waals surface area contributed by atoms with Crippen molar-refractivity contribution >= 4 is 23.3 Å². The van der Waals surface area contributed by atoms with Crippen molar-refractivity contribution in [3.8, 4) is 11.3 Å². The number of ether oxygens (including phenoxy) is 1. The summed E-state index contributed by atoms with van der Waals surface area (Å²) in [5.41, 5.74) is 8.10. The van der Waals surface area contributed by atoms with E-state index < -0.39 is 0 Å². The number of nitrogens with two attached hydrogens (primary N) is 1. The van der Waals surface area contributed by atoms with Crippen LogP contribution in [-0.4, -0.2) is 40.0 Å². The Labute approximate surface area is 151 Å². The van der Waals surface area contributed by atoms with Gasteiger partial charge in [-0.2, -0.15) is 0 Å². The second-order valence-electron chi connectivity index (χ2n) is 5.95. The van der Waals surface area contributed by atoms with Crippen LogP contribution in [0.2, 0.25) is 5.02 Å². The number of aromatic nitrogens is 2. The smallest absolute Gasteiger partial charge is 0.246 e. The molecule has 1 aliphatic heterocycles. The number of morpholine rings is 1. The Balaban J connectivity index is 2.04. The molecule has 7 heteroatoms. The van der Waals surface area contributed by atoms with Gasteiger partial charge >= 0.3 is 0 Å². The number of halogens is 1. The molecule has 1 aliphatic rings. The molecule has 2 aromatic rings. The topological polar surface area (TPSA) is 81.3 Å². The first-order chi connectivity index (χ1) is 12.0. The predicted molar refractivity (Wildman–Crippen MR) is 97.0 cm³/mol. The molecule has 25 heavy (non-hydrogen) atoms. The van der Waals surface area contributed by atoms with Gasteiger partial charge in [0.1, 0.15) is 12.1 Å². The maximum Gasteiger partial charge on any atom is 0.246 e. The maximum absolute atomic E-state index is 12.3. The van der Waals surface area contributed by atoms with Crippen molar-refractivity contribution in [2.45, 2.75) is 19.0 Å². The fourth-order valence-electron chi connectivity index (χ4n) is 3.03. The summed E-state index contributed by atoms with van der Waals surface area (Å²) < 4.78 is 5.66. The van der Waals surface area contributed by atoms with E-state index in [0.717, 1.165) is 11.1 Å². The van der Waals surface area contributed by atoms with E-state index in [1.54, 1.807) is 17.0 Å². The number of hydrogen-bond acceptors (Lipinski definition) is 5. The summed E-state index contributed by atoms with van der Waals surface area (Å²) in [6.07, 6.45) is 2.73. The molecule has 6 nitrogen and oxygen atoms in total. The lowest BCUT2D eigenvalue weighted by Crippen LogP contribution is -2.48. The van der Waals surface area contributed by atoms with Gasteiger partial charge in [-0.3, -0.25) is 4.79 Å². The molecule has 130 valence electrons. The number of nitrogens with zero attached hydrogens (tertiary/aromatic N) is 3. The Bertz CT molecular complexity index is 811. The fourth-order valence-corrected chi connectivity index (χ4v) is 3.28. The van der Waals surface area contributed by atoms with E-state index in [1.807, 2.05) is 19.1 Å². The molecule has 0 aliphatic carbocycles. The minimum atomic E-state index is -0.245. The number of rotatable bonds is 3. The highest BCUT2D eigenvalue weighted by Crippen LogP contribution is 2.33. The van der Waals surface area contributed by atoms with Crippen molar-refractivity contribution in [3.05, 3.63) is 53.8 Å². The standard InChI is InChI=1S/C18H19ClN4O2/c1-3-18(24)23-11(2)8-25-9-16(23)13-4-12(5-14(19)6-13)15-7-17(20)22-10-21-15/h3-7,10-11,16H,1,8-9H2,2H3,(H2,20,21,22)/t11-,16+/m1/s1. The lowest BCUT2D eigenvalue weighted by atomic mass is 9.99. The average Bonchev–Trinajstić information content (AvgIpc) is 2.60. The number of nitrogen functional groups attached to an aromatic ring is 1. The van der Waals surface area contributed by atoms with Gasteiger partial charge in [0, 0.05) is 16.7 Å². The Kier molecular flexibility index (Phi) is 5.01. The summed E-state index contributed by atoms with van der Waals surface area (Å²) in [7, 11) is 0. The molecule has 2 heterocycles. The number of anilines is 1. The zero-order valence-electron chi connectivity index (χ0n) is 13.9. The van der Waals surface area contributed by atoms with Crippen LogP contribution in [0.25, 0.3) is 11.3 Å². The third kappa shape index (κ3) is 3.65. The van der Waals surface area contributed by atoms with Crippen LogP contribution in [0.3, 0.4) is 0 Å². The maximum atomic E-state index is 12.3.